The molecule has 4 rings (SSSR count). The molecule has 30 heavy (non-hydrogen) atoms. The Kier molecular flexibility index (Phi) is 5.40. The van der Waals surface area contributed by atoms with E-state index in [4.69, 9.17) is 9.47 Å². The number of hydrogen-bond acceptors (Lipinski definition) is 6. The number of hydrogen-bond donors (Lipinski definition) is 4. The van der Waals surface area contributed by atoms with Crippen LogP contribution in [0, 0.1) is 0 Å². The van der Waals surface area contributed by atoms with Crippen LogP contribution in [-0.4, -0.2) is 48.6 Å². The summed E-state index contributed by atoms with van der Waals surface area (Å²) in [6.07, 6.45) is 0. The molecular formula is C22H20B2O6. The first kappa shape index (κ1) is 20.3. The lowest BCUT2D eigenvalue weighted by Crippen LogP contribution is -2.51. The summed E-state index contributed by atoms with van der Waals surface area (Å²) < 4.78 is 11.0. The van der Waals surface area contributed by atoms with Crippen LogP contribution in [0.5, 0.6) is 11.5 Å². The first-order valence-electron chi connectivity index (χ1n) is 9.40. The molecule has 0 heterocycles. The smallest absolute Gasteiger partial charge is 0.491 e. The van der Waals surface area contributed by atoms with Gasteiger partial charge in [-0.2, -0.15) is 0 Å². The average molecular weight is 402 g/mol. The molecule has 0 radical (unpaired) electrons. The molecule has 6 nitrogen and oxygen atoms in total. The molecular weight excluding hydrogens is 382 g/mol. The highest BCUT2D eigenvalue weighted by Crippen LogP contribution is 2.40. The molecule has 0 saturated heterocycles. The molecule has 0 saturated carbocycles. The van der Waals surface area contributed by atoms with Crippen molar-refractivity contribution >= 4 is 46.7 Å². The van der Waals surface area contributed by atoms with Crippen molar-refractivity contribution in [1.29, 1.82) is 0 Å². The molecule has 0 fully saturated rings. The fourth-order valence-corrected chi connectivity index (χ4v) is 4.15. The quantitative estimate of drug-likeness (QED) is 0.373. The van der Waals surface area contributed by atoms with Crippen molar-refractivity contribution in [2.45, 2.75) is 0 Å². The van der Waals surface area contributed by atoms with Crippen LogP contribution in [-0.2, 0) is 0 Å². The summed E-state index contributed by atoms with van der Waals surface area (Å²) >= 11 is 0. The van der Waals surface area contributed by atoms with Gasteiger partial charge >= 0.3 is 14.2 Å². The fourth-order valence-electron chi connectivity index (χ4n) is 4.15. The Morgan fingerprint density at radius 3 is 1.97 bits per heavy atom. The van der Waals surface area contributed by atoms with Crippen molar-refractivity contribution in [2.24, 2.45) is 0 Å². The van der Waals surface area contributed by atoms with Gasteiger partial charge in [0.2, 0.25) is 0 Å². The van der Waals surface area contributed by atoms with Gasteiger partial charge < -0.3 is 29.6 Å². The summed E-state index contributed by atoms with van der Waals surface area (Å²) in [5, 5.41) is 44.0. The normalized spacial score (nSPS) is 11.0. The molecule has 4 N–H and O–H groups in total. The van der Waals surface area contributed by atoms with E-state index in [-0.39, 0.29) is 16.7 Å². The molecule has 0 bridgehead atoms. The molecule has 0 aliphatic heterocycles. The second-order valence-corrected chi connectivity index (χ2v) is 6.89. The summed E-state index contributed by atoms with van der Waals surface area (Å²) in [5.74, 6) is 0.580. The third-order valence-corrected chi connectivity index (χ3v) is 5.33. The van der Waals surface area contributed by atoms with E-state index in [1.54, 1.807) is 12.1 Å². The number of rotatable bonds is 5. The highest BCUT2D eigenvalue weighted by atomic mass is 16.5. The van der Waals surface area contributed by atoms with Gasteiger partial charge in [0.1, 0.15) is 11.5 Å². The van der Waals surface area contributed by atoms with Crippen molar-refractivity contribution in [3.63, 3.8) is 0 Å². The van der Waals surface area contributed by atoms with E-state index in [2.05, 4.69) is 0 Å². The van der Waals surface area contributed by atoms with Crippen LogP contribution in [0.4, 0.5) is 0 Å². The molecule has 0 atom stereocenters. The van der Waals surface area contributed by atoms with Crippen LogP contribution in [0.25, 0.3) is 32.7 Å². The standard InChI is InChI=1S/C22H20B2O6/c1-29-17-12-6-11-16-18(15-10-5-8-13-7-3-4-9-14(13)15)20(23(25)26)21(24(27)28)22(30-2)19(16)17/h3-12,25-28H,1-2H3. The van der Waals surface area contributed by atoms with E-state index < -0.39 is 14.2 Å². The second kappa shape index (κ2) is 8.01. The predicted octanol–water partition coefficient (Wildman–Crippen LogP) is 1.04. The van der Waals surface area contributed by atoms with E-state index in [1.165, 1.54) is 14.2 Å². The summed E-state index contributed by atoms with van der Waals surface area (Å²) in [6.45, 7) is 0. The van der Waals surface area contributed by atoms with Gasteiger partial charge in [-0.1, -0.05) is 54.6 Å². The number of methoxy groups -OCH3 is 2. The third kappa shape index (κ3) is 3.11. The van der Waals surface area contributed by atoms with Gasteiger partial charge in [-0.25, -0.2) is 0 Å². The molecule has 0 unspecified atom stereocenters. The van der Waals surface area contributed by atoms with Gasteiger partial charge in [-0.3, -0.25) is 0 Å². The first-order valence-corrected chi connectivity index (χ1v) is 9.40. The van der Waals surface area contributed by atoms with Gasteiger partial charge in [0.05, 0.1) is 19.6 Å². The highest BCUT2D eigenvalue weighted by Gasteiger charge is 2.34. The molecule has 4 aromatic carbocycles. The number of benzene rings is 4. The maximum absolute atomic E-state index is 10.3. The molecule has 4 aromatic rings. The molecule has 0 spiro atoms. The maximum Gasteiger partial charge on any atom is 0.491 e. The molecule has 8 heteroatoms. The minimum atomic E-state index is -2.00. The third-order valence-electron chi connectivity index (χ3n) is 5.33. The lowest BCUT2D eigenvalue weighted by molar-refractivity contribution is 0.398. The summed E-state index contributed by atoms with van der Waals surface area (Å²) in [6, 6.07) is 18.8. The van der Waals surface area contributed by atoms with Crippen LogP contribution in [0.1, 0.15) is 0 Å². The lowest BCUT2D eigenvalue weighted by Gasteiger charge is -2.23. The van der Waals surface area contributed by atoms with Crippen molar-refractivity contribution in [3.8, 4) is 22.6 Å². The van der Waals surface area contributed by atoms with Crippen LogP contribution in [0.15, 0.2) is 60.7 Å². The van der Waals surface area contributed by atoms with Gasteiger partial charge in [-0.15, -0.1) is 0 Å². The Balaban J connectivity index is 2.31. The van der Waals surface area contributed by atoms with Crippen LogP contribution >= 0.6 is 0 Å². The zero-order chi connectivity index (χ0) is 21.4. The zero-order valence-corrected chi connectivity index (χ0v) is 16.5. The van der Waals surface area contributed by atoms with E-state index in [9.17, 15) is 20.1 Å². The molecule has 0 aliphatic carbocycles. The number of fused-ring (bicyclic) bond motifs is 2. The second-order valence-electron chi connectivity index (χ2n) is 6.89. The van der Waals surface area contributed by atoms with Gasteiger partial charge in [-0.05, 0) is 38.8 Å². The van der Waals surface area contributed by atoms with Gasteiger partial charge in [0.25, 0.3) is 0 Å². The number of ether oxygens (including phenoxy) is 2. The Morgan fingerprint density at radius 1 is 0.667 bits per heavy atom. The van der Waals surface area contributed by atoms with E-state index in [0.29, 0.717) is 22.1 Å². The van der Waals surface area contributed by atoms with Crippen molar-refractivity contribution < 1.29 is 29.6 Å². The van der Waals surface area contributed by atoms with E-state index >= 15 is 0 Å². The van der Waals surface area contributed by atoms with Gasteiger partial charge in [0, 0.05) is 5.46 Å². The van der Waals surface area contributed by atoms with Crippen molar-refractivity contribution in [1.82, 2.24) is 0 Å². The predicted molar refractivity (Wildman–Crippen MR) is 120 cm³/mol. The Morgan fingerprint density at radius 2 is 1.30 bits per heavy atom. The van der Waals surface area contributed by atoms with E-state index in [1.807, 2.05) is 48.5 Å². The maximum atomic E-state index is 10.3. The minimum absolute atomic E-state index is 0.0287. The first-order chi connectivity index (χ1) is 14.5. The summed E-state index contributed by atoms with van der Waals surface area (Å²) in [4.78, 5) is 0. The lowest BCUT2D eigenvalue weighted by atomic mass is 9.61. The SMILES string of the molecule is COc1cccc2c(-c3cccc4ccccc34)c(B(O)O)c(B(O)O)c(OC)c12. The highest BCUT2D eigenvalue weighted by molar-refractivity contribution is 6.74. The van der Waals surface area contributed by atoms with Crippen LogP contribution in [0.2, 0.25) is 0 Å². The molecule has 150 valence electrons. The summed E-state index contributed by atoms with van der Waals surface area (Å²) in [5.41, 5.74) is 1.05. The fraction of sp³-hybridized carbons (Fsp3) is 0.0909. The largest absolute Gasteiger partial charge is 0.496 e. The Labute approximate surface area is 174 Å². The summed E-state index contributed by atoms with van der Waals surface area (Å²) in [7, 11) is -1.08. The Hall–Kier alpha value is -3.03. The van der Waals surface area contributed by atoms with Crippen molar-refractivity contribution in [3.05, 3.63) is 60.7 Å². The van der Waals surface area contributed by atoms with Crippen LogP contribution in [0.3, 0.4) is 0 Å². The Bertz CT molecular complexity index is 1230. The molecule has 0 amide bonds. The van der Waals surface area contributed by atoms with Gasteiger partial charge in [0.15, 0.2) is 0 Å². The zero-order valence-electron chi connectivity index (χ0n) is 16.5. The van der Waals surface area contributed by atoms with E-state index in [0.717, 1.165) is 16.3 Å². The molecule has 0 aromatic heterocycles. The monoisotopic (exact) mass is 402 g/mol. The molecule has 0 aliphatic rings. The van der Waals surface area contributed by atoms with Crippen molar-refractivity contribution in [2.75, 3.05) is 14.2 Å². The topological polar surface area (TPSA) is 99.4 Å². The minimum Gasteiger partial charge on any atom is -0.496 e. The average Bonchev–Trinajstić information content (AvgIpc) is 2.76. The van der Waals surface area contributed by atoms with Crippen LogP contribution < -0.4 is 20.4 Å².